The Morgan fingerprint density at radius 2 is 1.91 bits per heavy atom. The predicted octanol–water partition coefficient (Wildman–Crippen LogP) is 3.11. The Morgan fingerprint density at radius 3 is 2.65 bits per heavy atom. The predicted molar refractivity (Wildman–Crippen MR) is 87.9 cm³/mol. The zero-order valence-corrected chi connectivity index (χ0v) is 13.4. The van der Waals surface area contributed by atoms with Crippen molar-refractivity contribution in [2.45, 2.75) is 20.0 Å². The molecule has 0 bridgehead atoms. The number of nitrogens with zero attached hydrogens (tertiary/aromatic N) is 2. The van der Waals surface area contributed by atoms with Gasteiger partial charge in [-0.05, 0) is 6.92 Å². The highest BCUT2D eigenvalue weighted by atomic mass is 32.1. The topological polar surface area (TPSA) is 80.0 Å². The highest BCUT2D eigenvalue weighted by Crippen LogP contribution is 2.19. The molecule has 0 aliphatic heterocycles. The summed E-state index contributed by atoms with van der Waals surface area (Å²) in [6, 6.07) is 9.42. The fourth-order valence-electron chi connectivity index (χ4n) is 1.99. The van der Waals surface area contributed by atoms with Crippen LogP contribution in [0.2, 0.25) is 0 Å². The minimum atomic E-state index is -0.280. The van der Waals surface area contributed by atoms with Crippen molar-refractivity contribution in [2.75, 3.05) is 0 Å². The van der Waals surface area contributed by atoms with Crippen LogP contribution in [0.15, 0.2) is 47.1 Å². The van der Waals surface area contributed by atoms with E-state index in [4.69, 9.17) is 4.42 Å². The Bertz CT molecular complexity index is 782. The Labute approximate surface area is 137 Å². The third kappa shape index (κ3) is 4.17. The van der Waals surface area contributed by atoms with E-state index >= 15 is 0 Å². The van der Waals surface area contributed by atoms with Crippen molar-refractivity contribution in [3.05, 3.63) is 58.5 Å². The largest absolute Gasteiger partial charge is 0.439 e. The summed E-state index contributed by atoms with van der Waals surface area (Å²) in [6.07, 6.45) is 3.44. The quantitative estimate of drug-likeness (QED) is 0.754. The first kappa shape index (κ1) is 15.2. The molecule has 2 heterocycles. The van der Waals surface area contributed by atoms with Crippen LogP contribution < -0.4 is 10.6 Å². The number of urea groups is 1. The van der Waals surface area contributed by atoms with Gasteiger partial charge in [0.05, 0.1) is 19.3 Å². The Kier molecular flexibility index (Phi) is 4.68. The van der Waals surface area contributed by atoms with Crippen LogP contribution in [-0.4, -0.2) is 16.0 Å². The second-order valence-corrected chi connectivity index (χ2v) is 6.20. The minimum Gasteiger partial charge on any atom is -0.439 e. The van der Waals surface area contributed by atoms with E-state index in [1.54, 1.807) is 23.7 Å². The van der Waals surface area contributed by atoms with Gasteiger partial charge in [0.1, 0.15) is 5.01 Å². The fourth-order valence-corrected chi connectivity index (χ4v) is 2.71. The highest BCUT2D eigenvalue weighted by molar-refractivity contribution is 7.11. The number of thiazole rings is 1. The SMILES string of the molecule is Cc1cnc(CNC(=O)NCc2ncc(-c3ccccc3)o2)s1. The number of rotatable bonds is 5. The molecule has 118 valence electrons. The Hall–Kier alpha value is -2.67. The molecule has 0 atom stereocenters. The van der Waals surface area contributed by atoms with Crippen LogP contribution in [0.5, 0.6) is 0 Å². The van der Waals surface area contributed by atoms with Crippen LogP contribution in [0.3, 0.4) is 0 Å². The van der Waals surface area contributed by atoms with Crippen LogP contribution in [0.4, 0.5) is 4.79 Å². The lowest BCUT2D eigenvalue weighted by atomic mass is 10.2. The van der Waals surface area contributed by atoms with Gasteiger partial charge in [0.15, 0.2) is 5.76 Å². The third-order valence-electron chi connectivity index (χ3n) is 3.08. The van der Waals surface area contributed by atoms with Crippen molar-refractivity contribution in [2.24, 2.45) is 0 Å². The zero-order chi connectivity index (χ0) is 16.1. The van der Waals surface area contributed by atoms with Crippen LogP contribution >= 0.6 is 11.3 Å². The summed E-state index contributed by atoms with van der Waals surface area (Å²) in [4.78, 5) is 21.2. The number of benzene rings is 1. The first-order chi connectivity index (χ1) is 11.2. The van der Waals surface area contributed by atoms with Crippen molar-refractivity contribution in [3.63, 3.8) is 0 Å². The van der Waals surface area contributed by atoms with Gasteiger partial charge in [-0.25, -0.2) is 14.8 Å². The summed E-state index contributed by atoms with van der Waals surface area (Å²) in [7, 11) is 0. The molecular formula is C16H16N4O2S. The lowest BCUT2D eigenvalue weighted by molar-refractivity contribution is 0.239. The molecule has 7 heteroatoms. The molecule has 0 spiro atoms. The molecule has 23 heavy (non-hydrogen) atoms. The normalized spacial score (nSPS) is 10.5. The first-order valence-electron chi connectivity index (χ1n) is 7.14. The van der Waals surface area contributed by atoms with Crippen LogP contribution in [0, 0.1) is 6.92 Å². The molecular weight excluding hydrogens is 312 g/mol. The van der Waals surface area contributed by atoms with Gasteiger partial charge in [-0.15, -0.1) is 11.3 Å². The number of aryl methyl sites for hydroxylation is 1. The molecule has 1 aromatic carbocycles. The monoisotopic (exact) mass is 328 g/mol. The molecule has 2 aromatic heterocycles. The first-order valence-corrected chi connectivity index (χ1v) is 7.95. The van der Waals surface area contributed by atoms with Gasteiger partial charge in [0.25, 0.3) is 0 Å². The van der Waals surface area contributed by atoms with E-state index in [1.807, 2.05) is 37.3 Å². The molecule has 0 aliphatic rings. The van der Waals surface area contributed by atoms with Crippen LogP contribution in [0.1, 0.15) is 15.8 Å². The fraction of sp³-hybridized carbons (Fsp3) is 0.188. The number of nitrogens with one attached hydrogen (secondary N) is 2. The van der Waals surface area contributed by atoms with Crippen LogP contribution in [0.25, 0.3) is 11.3 Å². The molecule has 0 saturated heterocycles. The second-order valence-electron chi connectivity index (χ2n) is 4.89. The van der Waals surface area contributed by atoms with E-state index in [0.29, 0.717) is 18.2 Å². The summed E-state index contributed by atoms with van der Waals surface area (Å²) in [5.74, 6) is 1.14. The summed E-state index contributed by atoms with van der Waals surface area (Å²) >= 11 is 1.56. The molecule has 0 radical (unpaired) electrons. The summed E-state index contributed by atoms with van der Waals surface area (Å²) in [5.41, 5.74) is 0.954. The molecule has 0 saturated carbocycles. The number of hydrogen-bond donors (Lipinski definition) is 2. The molecule has 0 unspecified atom stereocenters. The maximum Gasteiger partial charge on any atom is 0.315 e. The van der Waals surface area contributed by atoms with Gasteiger partial charge in [-0.2, -0.15) is 0 Å². The number of carbonyl (C=O) groups is 1. The molecule has 0 fully saturated rings. The average molecular weight is 328 g/mol. The van der Waals surface area contributed by atoms with E-state index < -0.39 is 0 Å². The zero-order valence-electron chi connectivity index (χ0n) is 12.6. The molecule has 2 N–H and O–H groups in total. The second kappa shape index (κ2) is 7.06. The lowest BCUT2D eigenvalue weighted by Crippen LogP contribution is -2.34. The van der Waals surface area contributed by atoms with Gasteiger partial charge in [0, 0.05) is 16.6 Å². The van der Waals surface area contributed by atoms with Gasteiger partial charge in [-0.3, -0.25) is 0 Å². The van der Waals surface area contributed by atoms with Crippen molar-refractivity contribution in [1.82, 2.24) is 20.6 Å². The van der Waals surface area contributed by atoms with Gasteiger partial charge < -0.3 is 15.1 Å². The van der Waals surface area contributed by atoms with Crippen molar-refractivity contribution >= 4 is 17.4 Å². The summed E-state index contributed by atoms with van der Waals surface area (Å²) in [6.45, 7) is 2.62. The maximum atomic E-state index is 11.8. The van der Waals surface area contributed by atoms with Crippen molar-refractivity contribution < 1.29 is 9.21 Å². The number of carbonyl (C=O) groups excluding carboxylic acids is 1. The summed E-state index contributed by atoms with van der Waals surface area (Å²) < 4.78 is 5.62. The van der Waals surface area contributed by atoms with E-state index in [1.165, 1.54) is 0 Å². The van der Waals surface area contributed by atoms with Crippen molar-refractivity contribution in [3.8, 4) is 11.3 Å². The Morgan fingerprint density at radius 1 is 1.13 bits per heavy atom. The maximum absolute atomic E-state index is 11.8. The minimum absolute atomic E-state index is 0.232. The van der Waals surface area contributed by atoms with Gasteiger partial charge >= 0.3 is 6.03 Å². The number of oxazole rings is 1. The summed E-state index contributed by atoms with van der Waals surface area (Å²) in [5, 5.41) is 6.34. The Balaban J connectivity index is 1.48. The third-order valence-corrected chi connectivity index (χ3v) is 3.99. The van der Waals surface area contributed by atoms with E-state index in [9.17, 15) is 4.79 Å². The average Bonchev–Trinajstić information content (AvgIpc) is 3.21. The van der Waals surface area contributed by atoms with E-state index in [2.05, 4.69) is 20.6 Å². The molecule has 0 aliphatic carbocycles. The number of hydrogen-bond acceptors (Lipinski definition) is 5. The van der Waals surface area contributed by atoms with E-state index in [0.717, 1.165) is 15.4 Å². The molecule has 2 amide bonds. The van der Waals surface area contributed by atoms with Gasteiger partial charge in [0.2, 0.25) is 5.89 Å². The smallest absolute Gasteiger partial charge is 0.315 e. The molecule has 3 rings (SSSR count). The highest BCUT2D eigenvalue weighted by Gasteiger charge is 2.08. The standard InChI is InChI=1S/C16H16N4O2S/c1-11-7-18-15(23-11)10-20-16(21)19-9-14-17-8-13(22-14)12-5-3-2-4-6-12/h2-8H,9-10H2,1H3,(H2,19,20,21). The van der Waals surface area contributed by atoms with Gasteiger partial charge in [-0.1, -0.05) is 30.3 Å². The lowest BCUT2D eigenvalue weighted by Gasteiger charge is -2.04. The van der Waals surface area contributed by atoms with E-state index in [-0.39, 0.29) is 12.6 Å². The number of amides is 2. The molecule has 6 nitrogen and oxygen atoms in total. The van der Waals surface area contributed by atoms with Crippen molar-refractivity contribution in [1.29, 1.82) is 0 Å². The van der Waals surface area contributed by atoms with Crippen LogP contribution in [-0.2, 0) is 13.1 Å². The molecule has 3 aromatic rings. The number of aromatic nitrogens is 2.